The maximum Gasteiger partial charge on any atom is 0.143 e. The largest absolute Gasteiger partial charge is 0.496 e. The van der Waals surface area contributed by atoms with E-state index < -0.39 is 0 Å². The second-order valence-corrected chi connectivity index (χ2v) is 7.11. The van der Waals surface area contributed by atoms with Crippen LogP contribution in [0.5, 0.6) is 17.2 Å². The van der Waals surface area contributed by atoms with Crippen molar-refractivity contribution in [3.05, 3.63) is 49.3 Å². The first-order chi connectivity index (χ1) is 9.92. The topological polar surface area (TPSA) is 44.5 Å². The van der Waals surface area contributed by atoms with Crippen molar-refractivity contribution in [3.63, 3.8) is 0 Å². The summed E-state index contributed by atoms with van der Waals surface area (Å²) in [6.07, 6.45) is 0. The lowest BCUT2D eigenvalue weighted by atomic mass is 10.1. The first kappa shape index (κ1) is 16.8. The fourth-order valence-electron chi connectivity index (χ4n) is 1.83. The Balaban J connectivity index is 2.41. The quantitative estimate of drug-likeness (QED) is 0.603. The molecule has 6 heteroatoms. The third-order valence-corrected chi connectivity index (χ3v) is 4.62. The lowest BCUT2D eigenvalue weighted by Gasteiger charge is -2.16. The number of halogens is 3. The number of rotatable bonds is 4. The maximum absolute atomic E-state index is 6.01. The molecule has 0 aromatic heterocycles. The van der Waals surface area contributed by atoms with Crippen LogP contribution in [-0.4, -0.2) is 7.11 Å². The van der Waals surface area contributed by atoms with E-state index in [0.717, 1.165) is 30.5 Å². The summed E-state index contributed by atoms with van der Waals surface area (Å²) in [5.41, 5.74) is 6.94. The Morgan fingerprint density at radius 1 is 0.952 bits per heavy atom. The summed E-state index contributed by atoms with van der Waals surface area (Å²) >= 11 is 10.4. The lowest BCUT2D eigenvalue weighted by Crippen LogP contribution is -2.06. The molecule has 0 heterocycles. The van der Waals surface area contributed by atoms with Crippen LogP contribution in [0.1, 0.15) is 18.5 Å². The summed E-state index contributed by atoms with van der Waals surface area (Å²) in [5, 5.41) is 0. The Hall–Kier alpha value is -0.560. The highest BCUT2D eigenvalue weighted by Gasteiger charge is 2.13. The summed E-state index contributed by atoms with van der Waals surface area (Å²) in [7, 11) is 1.62. The molecular weight excluding hydrogens is 466 g/mol. The molecule has 2 aromatic carbocycles. The zero-order chi connectivity index (χ0) is 15.6. The average Bonchev–Trinajstić information content (AvgIpc) is 2.44. The minimum absolute atomic E-state index is 0.127. The molecule has 1 unspecified atom stereocenters. The molecule has 0 bridgehead atoms. The number of ether oxygens (including phenoxy) is 2. The van der Waals surface area contributed by atoms with Crippen molar-refractivity contribution < 1.29 is 9.47 Å². The molecule has 0 amide bonds. The van der Waals surface area contributed by atoms with E-state index in [9.17, 15) is 0 Å². The smallest absolute Gasteiger partial charge is 0.143 e. The maximum atomic E-state index is 6.01. The van der Waals surface area contributed by atoms with Crippen molar-refractivity contribution >= 4 is 47.8 Å². The normalized spacial score (nSPS) is 12.1. The third-order valence-electron chi connectivity index (χ3n) is 2.89. The summed E-state index contributed by atoms with van der Waals surface area (Å²) in [4.78, 5) is 0. The predicted molar refractivity (Wildman–Crippen MR) is 95.2 cm³/mol. The fourth-order valence-corrected chi connectivity index (χ4v) is 3.10. The minimum Gasteiger partial charge on any atom is -0.496 e. The molecule has 0 fully saturated rings. The van der Waals surface area contributed by atoms with Gasteiger partial charge in [-0.1, -0.05) is 15.9 Å². The van der Waals surface area contributed by atoms with Gasteiger partial charge in [0.15, 0.2) is 0 Å². The number of hydrogen-bond donors (Lipinski definition) is 1. The highest BCUT2D eigenvalue weighted by atomic mass is 79.9. The van der Waals surface area contributed by atoms with E-state index >= 15 is 0 Å². The van der Waals surface area contributed by atoms with E-state index in [1.807, 2.05) is 37.3 Å². The molecule has 0 saturated carbocycles. The van der Waals surface area contributed by atoms with Gasteiger partial charge in [-0.25, -0.2) is 0 Å². The zero-order valence-corrected chi connectivity index (χ0v) is 16.2. The monoisotopic (exact) mass is 477 g/mol. The number of benzene rings is 2. The molecule has 112 valence electrons. The van der Waals surface area contributed by atoms with Crippen LogP contribution in [0.4, 0.5) is 0 Å². The SMILES string of the molecule is COc1cc(Br)c(Oc2ccc(Br)cc2C(C)N)cc1Br. The minimum atomic E-state index is -0.127. The van der Waals surface area contributed by atoms with Crippen LogP contribution in [0.3, 0.4) is 0 Å². The van der Waals surface area contributed by atoms with Crippen LogP contribution < -0.4 is 15.2 Å². The van der Waals surface area contributed by atoms with Gasteiger partial charge in [-0.15, -0.1) is 0 Å². The van der Waals surface area contributed by atoms with Crippen LogP contribution in [-0.2, 0) is 0 Å². The molecule has 21 heavy (non-hydrogen) atoms. The van der Waals surface area contributed by atoms with Gasteiger partial charge in [0.25, 0.3) is 0 Å². The summed E-state index contributed by atoms with van der Waals surface area (Å²) in [5.74, 6) is 2.15. The zero-order valence-electron chi connectivity index (χ0n) is 11.5. The Kier molecular flexibility index (Phi) is 5.71. The van der Waals surface area contributed by atoms with E-state index in [1.54, 1.807) is 7.11 Å². The van der Waals surface area contributed by atoms with Gasteiger partial charge in [0, 0.05) is 16.1 Å². The van der Waals surface area contributed by atoms with Crippen LogP contribution >= 0.6 is 47.8 Å². The molecule has 0 radical (unpaired) electrons. The van der Waals surface area contributed by atoms with Crippen LogP contribution in [0.15, 0.2) is 43.7 Å². The van der Waals surface area contributed by atoms with Gasteiger partial charge in [-0.05, 0) is 69.1 Å². The van der Waals surface area contributed by atoms with Crippen molar-refractivity contribution in [2.24, 2.45) is 5.73 Å². The Labute approximate surface area is 149 Å². The molecule has 3 nitrogen and oxygen atoms in total. The molecule has 2 aromatic rings. The second kappa shape index (κ2) is 7.13. The van der Waals surface area contributed by atoms with Crippen LogP contribution in [0.2, 0.25) is 0 Å². The highest BCUT2D eigenvalue weighted by Crippen LogP contribution is 2.39. The van der Waals surface area contributed by atoms with Crippen molar-refractivity contribution in [1.29, 1.82) is 0 Å². The predicted octanol–water partition coefficient (Wildman–Crippen LogP) is 5.79. The van der Waals surface area contributed by atoms with E-state index in [-0.39, 0.29) is 6.04 Å². The first-order valence-electron chi connectivity index (χ1n) is 6.18. The van der Waals surface area contributed by atoms with Crippen LogP contribution in [0, 0.1) is 0 Å². The third kappa shape index (κ3) is 4.00. The van der Waals surface area contributed by atoms with Gasteiger partial charge in [0.1, 0.15) is 17.2 Å². The van der Waals surface area contributed by atoms with Crippen molar-refractivity contribution in [2.75, 3.05) is 7.11 Å². The van der Waals surface area contributed by atoms with Gasteiger partial charge in [0.2, 0.25) is 0 Å². The summed E-state index contributed by atoms with van der Waals surface area (Å²) in [6, 6.07) is 9.37. The summed E-state index contributed by atoms with van der Waals surface area (Å²) in [6.45, 7) is 1.92. The molecule has 0 aliphatic rings. The first-order valence-corrected chi connectivity index (χ1v) is 8.56. The molecule has 0 aliphatic heterocycles. The van der Waals surface area contributed by atoms with E-state index in [4.69, 9.17) is 15.2 Å². The molecule has 2 N–H and O–H groups in total. The number of methoxy groups -OCH3 is 1. The molecule has 0 aliphatic carbocycles. The van der Waals surface area contributed by atoms with Gasteiger partial charge in [-0.2, -0.15) is 0 Å². The van der Waals surface area contributed by atoms with Gasteiger partial charge >= 0.3 is 0 Å². The Bertz CT molecular complexity index is 660. The lowest BCUT2D eigenvalue weighted by molar-refractivity contribution is 0.409. The molecule has 0 spiro atoms. The molecule has 1 atom stereocenters. The molecular formula is C15H14Br3NO2. The van der Waals surface area contributed by atoms with Gasteiger partial charge < -0.3 is 15.2 Å². The van der Waals surface area contributed by atoms with E-state index in [1.165, 1.54) is 0 Å². The fraction of sp³-hybridized carbons (Fsp3) is 0.200. The van der Waals surface area contributed by atoms with Crippen molar-refractivity contribution in [3.8, 4) is 17.2 Å². The molecule has 2 rings (SSSR count). The second-order valence-electron chi connectivity index (χ2n) is 4.49. The standard InChI is InChI=1S/C15H14Br3NO2/c1-8(19)10-5-9(16)3-4-13(10)21-15-7-11(17)14(20-2)6-12(15)18/h3-8H,19H2,1-2H3. The average molecular weight is 480 g/mol. The highest BCUT2D eigenvalue weighted by molar-refractivity contribution is 9.11. The van der Waals surface area contributed by atoms with Gasteiger partial charge in [-0.3, -0.25) is 0 Å². The van der Waals surface area contributed by atoms with Crippen LogP contribution in [0.25, 0.3) is 0 Å². The Morgan fingerprint density at radius 2 is 1.57 bits per heavy atom. The number of nitrogens with two attached hydrogens (primary N) is 1. The number of hydrogen-bond acceptors (Lipinski definition) is 3. The molecule has 0 saturated heterocycles. The van der Waals surface area contributed by atoms with Crippen molar-refractivity contribution in [2.45, 2.75) is 13.0 Å². The van der Waals surface area contributed by atoms with Crippen molar-refractivity contribution in [1.82, 2.24) is 0 Å². The summed E-state index contributed by atoms with van der Waals surface area (Å²) < 4.78 is 13.9. The van der Waals surface area contributed by atoms with E-state index in [2.05, 4.69) is 47.8 Å². The van der Waals surface area contributed by atoms with E-state index in [0.29, 0.717) is 5.75 Å². The Morgan fingerprint density at radius 3 is 2.19 bits per heavy atom. The van der Waals surface area contributed by atoms with Gasteiger partial charge in [0.05, 0.1) is 16.1 Å².